The van der Waals surface area contributed by atoms with Crippen LogP contribution in [0.1, 0.15) is 77.9 Å². The molecule has 1 aromatic rings. The van der Waals surface area contributed by atoms with Crippen LogP contribution in [0, 0.1) is 11.3 Å². The summed E-state index contributed by atoms with van der Waals surface area (Å²) in [5.74, 6) is 0.815. The van der Waals surface area contributed by atoms with Crippen molar-refractivity contribution in [2.24, 2.45) is 17.1 Å². The zero-order chi connectivity index (χ0) is 15.9. The number of rotatable bonds is 2. The standard InChI is InChI=1S/C18H32N2S/c1-16(2,3)13-7-9-18(19,10-8-13)11-15-20-14(12-21-15)17(4,5)6/h12-13H,7-11,19H2,1-6H3. The van der Waals surface area contributed by atoms with Crippen molar-refractivity contribution in [2.75, 3.05) is 0 Å². The van der Waals surface area contributed by atoms with E-state index in [2.05, 4.69) is 46.9 Å². The molecule has 1 saturated carbocycles. The molecule has 21 heavy (non-hydrogen) atoms. The molecule has 0 amide bonds. The first kappa shape index (κ1) is 17.0. The lowest BCUT2D eigenvalue weighted by Gasteiger charge is -2.42. The van der Waals surface area contributed by atoms with Crippen LogP contribution in [0.2, 0.25) is 0 Å². The van der Waals surface area contributed by atoms with E-state index in [1.807, 2.05) is 0 Å². The molecular formula is C18H32N2S. The summed E-state index contributed by atoms with van der Waals surface area (Å²) in [5.41, 5.74) is 8.41. The van der Waals surface area contributed by atoms with Gasteiger partial charge in [-0.3, -0.25) is 0 Å². The number of aromatic nitrogens is 1. The van der Waals surface area contributed by atoms with Gasteiger partial charge in [0, 0.05) is 22.8 Å². The summed E-state index contributed by atoms with van der Waals surface area (Å²) in [6.45, 7) is 13.7. The quantitative estimate of drug-likeness (QED) is 0.842. The Morgan fingerprint density at radius 1 is 1.19 bits per heavy atom. The highest BCUT2D eigenvalue weighted by Crippen LogP contribution is 2.41. The van der Waals surface area contributed by atoms with E-state index in [0.29, 0.717) is 5.41 Å². The summed E-state index contributed by atoms with van der Waals surface area (Å²) in [6.07, 6.45) is 5.75. The Morgan fingerprint density at radius 2 is 1.76 bits per heavy atom. The molecule has 2 N–H and O–H groups in total. The number of nitrogens with two attached hydrogens (primary N) is 1. The molecule has 1 aliphatic rings. The summed E-state index contributed by atoms with van der Waals surface area (Å²) in [4.78, 5) is 4.83. The highest BCUT2D eigenvalue weighted by atomic mass is 32.1. The average Bonchev–Trinajstić information content (AvgIpc) is 2.75. The fourth-order valence-corrected chi connectivity index (χ4v) is 4.45. The molecule has 1 aromatic heterocycles. The maximum Gasteiger partial charge on any atom is 0.0946 e. The van der Waals surface area contributed by atoms with Crippen LogP contribution in [0.5, 0.6) is 0 Å². The van der Waals surface area contributed by atoms with Gasteiger partial charge in [-0.1, -0.05) is 41.5 Å². The van der Waals surface area contributed by atoms with Gasteiger partial charge in [0.2, 0.25) is 0 Å². The number of hydrogen-bond donors (Lipinski definition) is 1. The Kier molecular flexibility index (Phi) is 4.57. The van der Waals surface area contributed by atoms with Crippen LogP contribution >= 0.6 is 11.3 Å². The van der Waals surface area contributed by atoms with Crippen molar-refractivity contribution in [3.8, 4) is 0 Å². The summed E-state index contributed by atoms with van der Waals surface area (Å²) in [6, 6.07) is 0. The van der Waals surface area contributed by atoms with Crippen molar-refractivity contribution in [3.63, 3.8) is 0 Å². The Hall–Kier alpha value is -0.410. The summed E-state index contributed by atoms with van der Waals surface area (Å²) < 4.78 is 0. The molecule has 0 radical (unpaired) electrons. The molecule has 0 aliphatic heterocycles. The molecule has 0 bridgehead atoms. The normalized spacial score (nSPS) is 27.9. The van der Waals surface area contributed by atoms with E-state index in [1.165, 1.54) is 23.5 Å². The Balaban J connectivity index is 1.99. The fourth-order valence-electron chi connectivity index (χ4n) is 3.27. The minimum Gasteiger partial charge on any atom is -0.325 e. The molecular weight excluding hydrogens is 276 g/mol. The molecule has 2 nitrogen and oxygen atoms in total. The second kappa shape index (κ2) is 5.66. The highest BCUT2D eigenvalue weighted by Gasteiger charge is 2.36. The van der Waals surface area contributed by atoms with Crippen LogP contribution in [0.4, 0.5) is 0 Å². The van der Waals surface area contributed by atoms with Crippen molar-refractivity contribution in [3.05, 3.63) is 16.1 Å². The number of hydrogen-bond acceptors (Lipinski definition) is 3. The van der Waals surface area contributed by atoms with Gasteiger partial charge >= 0.3 is 0 Å². The molecule has 0 unspecified atom stereocenters. The Labute approximate surface area is 134 Å². The molecule has 2 rings (SSSR count). The molecule has 1 heterocycles. The molecule has 1 fully saturated rings. The van der Waals surface area contributed by atoms with E-state index in [0.717, 1.165) is 25.2 Å². The third kappa shape index (κ3) is 4.29. The van der Waals surface area contributed by atoms with Crippen molar-refractivity contribution in [2.45, 2.75) is 84.6 Å². The maximum absolute atomic E-state index is 6.68. The van der Waals surface area contributed by atoms with Gasteiger partial charge in [-0.2, -0.15) is 0 Å². The van der Waals surface area contributed by atoms with E-state index in [4.69, 9.17) is 10.7 Å². The monoisotopic (exact) mass is 308 g/mol. The van der Waals surface area contributed by atoms with Gasteiger partial charge in [0.25, 0.3) is 0 Å². The van der Waals surface area contributed by atoms with E-state index in [9.17, 15) is 0 Å². The zero-order valence-electron chi connectivity index (χ0n) is 14.6. The smallest absolute Gasteiger partial charge is 0.0946 e. The number of thiazole rings is 1. The van der Waals surface area contributed by atoms with E-state index in [1.54, 1.807) is 11.3 Å². The van der Waals surface area contributed by atoms with Crippen molar-refractivity contribution < 1.29 is 0 Å². The maximum atomic E-state index is 6.68. The van der Waals surface area contributed by atoms with Gasteiger partial charge in [-0.15, -0.1) is 11.3 Å². The average molecular weight is 309 g/mol. The van der Waals surface area contributed by atoms with Gasteiger partial charge in [-0.05, 0) is 37.0 Å². The van der Waals surface area contributed by atoms with Crippen LogP contribution < -0.4 is 5.73 Å². The SMILES string of the molecule is CC(C)(C)c1csc(CC2(N)CCC(C(C)(C)C)CC2)n1. The lowest BCUT2D eigenvalue weighted by molar-refractivity contribution is 0.134. The molecule has 0 aromatic carbocycles. The number of nitrogens with zero attached hydrogens (tertiary/aromatic N) is 1. The third-order valence-electron chi connectivity index (χ3n) is 5.03. The first-order valence-corrected chi connectivity index (χ1v) is 9.11. The van der Waals surface area contributed by atoms with Gasteiger partial charge < -0.3 is 5.73 Å². The summed E-state index contributed by atoms with van der Waals surface area (Å²) >= 11 is 1.78. The van der Waals surface area contributed by atoms with Gasteiger partial charge in [0.1, 0.15) is 0 Å². The lowest BCUT2D eigenvalue weighted by Crippen LogP contribution is -2.46. The van der Waals surface area contributed by atoms with Crippen molar-refractivity contribution in [1.82, 2.24) is 4.98 Å². The zero-order valence-corrected chi connectivity index (χ0v) is 15.4. The summed E-state index contributed by atoms with van der Waals surface area (Å²) in [5, 5.41) is 3.43. The molecule has 0 atom stereocenters. The lowest BCUT2D eigenvalue weighted by atomic mass is 9.67. The van der Waals surface area contributed by atoms with Crippen LogP contribution in [0.15, 0.2) is 5.38 Å². The van der Waals surface area contributed by atoms with Crippen LogP contribution in [-0.4, -0.2) is 10.5 Å². The largest absolute Gasteiger partial charge is 0.325 e. The predicted molar refractivity (Wildman–Crippen MR) is 92.8 cm³/mol. The minimum absolute atomic E-state index is 0.0330. The van der Waals surface area contributed by atoms with Gasteiger partial charge in [0.15, 0.2) is 0 Å². The highest BCUT2D eigenvalue weighted by molar-refractivity contribution is 7.09. The molecule has 1 aliphatic carbocycles. The minimum atomic E-state index is -0.0330. The Morgan fingerprint density at radius 3 is 2.19 bits per heavy atom. The molecule has 0 spiro atoms. The second-order valence-electron chi connectivity index (χ2n) is 9.06. The van der Waals surface area contributed by atoms with Crippen LogP contribution in [-0.2, 0) is 11.8 Å². The first-order chi connectivity index (χ1) is 9.50. The van der Waals surface area contributed by atoms with E-state index in [-0.39, 0.29) is 11.0 Å². The van der Waals surface area contributed by atoms with E-state index >= 15 is 0 Å². The first-order valence-electron chi connectivity index (χ1n) is 8.23. The Bertz CT molecular complexity index is 468. The summed E-state index contributed by atoms with van der Waals surface area (Å²) in [7, 11) is 0. The third-order valence-corrected chi connectivity index (χ3v) is 5.88. The topological polar surface area (TPSA) is 38.9 Å². The fraction of sp³-hybridized carbons (Fsp3) is 0.833. The van der Waals surface area contributed by atoms with Crippen LogP contribution in [0.3, 0.4) is 0 Å². The molecule has 120 valence electrons. The molecule has 0 saturated heterocycles. The van der Waals surface area contributed by atoms with Crippen LogP contribution in [0.25, 0.3) is 0 Å². The van der Waals surface area contributed by atoms with E-state index < -0.39 is 0 Å². The molecule has 3 heteroatoms. The van der Waals surface area contributed by atoms with Crippen molar-refractivity contribution >= 4 is 11.3 Å². The second-order valence-corrected chi connectivity index (χ2v) is 10.00. The van der Waals surface area contributed by atoms with Crippen molar-refractivity contribution in [1.29, 1.82) is 0 Å². The van der Waals surface area contributed by atoms with Gasteiger partial charge in [-0.25, -0.2) is 4.98 Å². The predicted octanol–water partition coefficient (Wildman–Crippen LogP) is 4.92. The van der Waals surface area contributed by atoms with Gasteiger partial charge in [0.05, 0.1) is 10.7 Å².